The van der Waals surface area contributed by atoms with E-state index in [2.05, 4.69) is 25.0 Å². The van der Waals surface area contributed by atoms with Crippen molar-refractivity contribution in [2.75, 3.05) is 44.3 Å². The average molecular weight is 712 g/mol. The third-order valence-electron chi connectivity index (χ3n) is 6.75. The minimum Gasteiger partial charge on any atom is -0.333 e. The summed E-state index contributed by atoms with van der Waals surface area (Å²) < 4.78 is 87.5. The van der Waals surface area contributed by atoms with Crippen LogP contribution in [-0.4, -0.2) is 79.8 Å². The molecule has 5 rings (SSSR count). The van der Waals surface area contributed by atoms with Gasteiger partial charge < -0.3 is 14.8 Å². The van der Waals surface area contributed by atoms with Crippen molar-refractivity contribution in [2.24, 2.45) is 0 Å². The van der Waals surface area contributed by atoms with Gasteiger partial charge >= 0.3 is 0 Å². The van der Waals surface area contributed by atoms with Gasteiger partial charge in [0.2, 0.25) is 10.0 Å². The fourth-order valence-corrected chi connectivity index (χ4v) is 7.22. The molecule has 0 radical (unpaired) electrons. The molecule has 0 amide bonds. The molecule has 0 unspecified atom stereocenters. The number of hydrogen-bond acceptors (Lipinski definition) is 9. The van der Waals surface area contributed by atoms with E-state index in [1.807, 2.05) is 19.0 Å². The van der Waals surface area contributed by atoms with E-state index in [9.17, 15) is 21.2 Å². The van der Waals surface area contributed by atoms with Gasteiger partial charge in [-0.1, -0.05) is 29.3 Å². The van der Waals surface area contributed by atoms with E-state index in [4.69, 9.17) is 23.2 Å². The van der Waals surface area contributed by atoms with Gasteiger partial charge in [0, 0.05) is 32.5 Å². The predicted octanol–water partition coefficient (Wildman–Crippen LogP) is 5.13. The van der Waals surface area contributed by atoms with Crippen LogP contribution >= 0.6 is 23.2 Å². The van der Waals surface area contributed by atoms with Crippen molar-refractivity contribution in [3.8, 4) is 5.82 Å². The normalized spacial score (nSPS) is 12.3. The molecule has 0 fully saturated rings. The molecule has 0 saturated heterocycles. The van der Waals surface area contributed by atoms with Gasteiger partial charge in [0.25, 0.3) is 10.0 Å². The van der Waals surface area contributed by atoms with Crippen molar-refractivity contribution in [3.05, 3.63) is 88.9 Å². The maximum atomic E-state index is 15.6. The number of anilines is 3. The Morgan fingerprint density at radius 2 is 1.70 bits per heavy atom. The molecule has 0 saturated carbocycles. The molecule has 5 aromatic rings. The zero-order valence-corrected chi connectivity index (χ0v) is 27.6. The first kappa shape index (κ1) is 33.4. The Balaban J connectivity index is 1.47. The number of hydrogen-bond donors (Lipinski definition) is 2. The Kier molecular flexibility index (Phi) is 9.49. The van der Waals surface area contributed by atoms with Crippen molar-refractivity contribution in [3.63, 3.8) is 0 Å². The third kappa shape index (κ3) is 6.77. The van der Waals surface area contributed by atoms with Gasteiger partial charge in [-0.15, -0.1) is 0 Å². The highest BCUT2D eigenvalue weighted by molar-refractivity contribution is 7.92. The largest absolute Gasteiger partial charge is 0.333 e. The second kappa shape index (κ2) is 13.1. The van der Waals surface area contributed by atoms with Crippen LogP contribution in [0.4, 0.5) is 26.0 Å². The number of likely N-dealkylation sites (N-methyl/N-ethyl adjacent to an activating group) is 2. The zero-order valence-electron chi connectivity index (χ0n) is 24.4. The number of fused-ring (bicyclic) bond motifs is 1. The molecule has 0 bridgehead atoms. The van der Waals surface area contributed by atoms with Gasteiger partial charge in [-0.2, -0.15) is 4.31 Å². The molecule has 3 heterocycles. The molecular formula is C28H26Cl2F2N8O4S2. The summed E-state index contributed by atoms with van der Waals surface area (Å²) in [6.07, 6.45) is 4.06. The molecule has 46 heavy (non-hydrogen) atoms. The number of aromatic nitrogens is 4. The van der Waals surface area contributed by atoms with Crippen molar-refractivity contribution < 1.29 is 25.6 Å². The average Bonchev–Trinajstić information content (AvgIpc) is 3.52. The minimum absolute atomic E-state index is 0.0286. The second-order valence-electron chi connectivity index (χ2n) is 10.2. The highest BCUT2D eigenvalue weighted by Crippen LogP contribution is 2.34. The molecule has 0 aliphatic carbocycles. The van der Waals surface area contributed by atoms with Crippen LogP contribution in [0.5, 0.6) is 0 Å². The summed E-state index contributed by atoms with van der Waals surface area (Å²) in [4.78, 5) is 14.3. The number of nitrogens with one attached hydrogen (secondary N) is 2. The molecule has 0 aliphatic rings. The molecule has 2 N–H and O–H groups in total. The number of sulfonamides is 2. The number of nitrogens with zero attached hydrogens (tertiary/aromatic N) is 6. The van der Waals surface area contributed by atoms with Gasteiger partial charge in [-0.25, -0.2) is 40.6 Å². The fraction of sp³-hybridized carbons (Fsp3) is 0.179. The third-order valence-corrected chi connectivity index (χ3v) is 10.9. The van der Waals surface area contributed by atoms with Crippen molar-refractivity contribution in [1.29, 1.82) is 0 Å². The summed E-state index contributed by atoms with van der Waals surface area (Å²) in [5.41, 5.74) is -0.905. The molecule has 18 heteroatoms. The SMILES string of the molecule is CN(C)CCN(C)S(=O)(=O)c1ccn(-c2ccc3ncnc(Nc4c(F)ccc(NS(=O)(=O)c5cccc(Cl)c5Cl)c4F)c3n2)c1. The van der Waals surface area contributed by atoms with Gasteiger partial charge in [-0.3, -0.25) is 4.72 Å². The first-order valence-corrected chi connectivity index (χ1v) is 17.0. The van der Waals surface area contributed by atoms with Crippen LogP contribution < -0.4 is 10.0 Å². The summed E-state index contributed by atoms with van der Waals surface area (Å²) in [5, 5.41) is 2.26. The molecule has 12 nitrogen and oxygen atoms in total. The summed E-state index contributed by atoms with van der Waals surface area (Å²) in [5.74, 6) is -2.17. The number of benzene rings is 2. The Morgan fingerprint density at radius 1 is 0.935 bits per heavy atom. The summed E-state index contributed by atoms with van der Waals surface area (Å²) in [7, 11) is -3.04. The molecule has 0 atom stereocenters. The van der Waals surface area contributed by atoms with Crippen LogP contribution in [0.2, 0.25) is 10.0 Å². The van der Waals surface area contributed by atoms with Gasteiger partial charge in [0.05, 0.1) is 21.2 Å². The fourth-order valence-electron chi connectivity index (χ4n) is 4.23. The Labute approximate surface area is 273 Å². The summed E-state index contributed by atoms with van der Waals surface area (Å²) in [6.45, 7) is 0.815. The highest BCUT2D eigenvalue weighted by atomic mass is 35.5. The highest BCUT2D eigenvalue weighted by Gasteiger charge is 2.25. The maximum absolute atomic E-state index is 15.6. The smallest absolute Gasteiger partial charge is 0.263 e. The number of halogens is 4. The van der Waals surface area contributed by atoms with Crippen LogP contribution in [0.15, 0.2) is 77.0 Å². The van der Waals surface area contributed by atoms with Crippen molar-refractivity contribution >= 4 is 71.5 Å². The first-order valence-electron chi connectivity index (χ1n) is 13.3. The molecule has 0 spiro atoms. The minimum atomic E-state index is -4.43. The van der Waals surface area contributed by atoms with E-state index in [1.54, 1.807) is 12.1 Å². The van der Waals surface area contributed by atoms with E-state index in [0.717, 1.165) is 18.5 Å². The Bertz CT molecular complexity index is 2170. The summed E-state index contributed by atoms with van der Waals surface area (Å²) in [6, 6.07) is 10.3. The topological polar surface area (TPSA) is 142 Å². The Hall–Kier alpha value is -3.93. The predicted molar refractivity (Wildman–Crippen MR) is 172 cm³/mol. The monoisotopic (exact) mass is 710 g/mol. The van der Waals surface area contributed by atoms with Crippen LogP contribution in [0, 0.1) is 11.6 Å². The van der Waals surface area contributed by atoms with Crippen LogP contribution in [0.3, 0.4) is 0 Å². The molecule has 242 valence electrons. The lowest BCUT2D eigenvalue weighted by atomic mass is 10.2. The quantitative estimate of drug-likeness (QED) is 0.191. The second-order valence-corrected chi connectivity index (χ2v) is 14.7. The van der Waals surface area contributed by atoms with E-state index in [1.165, 1.54) is 52.6 Å². The van der Waals surface area contributed by atoms with Crippen LogP contribution in [0.25, 0.3) is 16.9 Å². The van der Waals surface area contributed by atoms with E-state index in [-0.39, 0.29) is 38.6 Å². The summed E-state index contributed by atoms with van der Waals surface area (Å²) >= 11 is 12.0. The molecule has 0 aliphatic heterocycles. The standard InChI is InChI=1S/C28H26Cl2F2N8O4S2/c1-38(2)13-14-39(3)46(43,44)17-11-12-40(15-17)23-10-9-21-27(35-23)28(34-16-33-21)36-26-19(31)7-8-20(25(26)32)37-45(41,42)22-6-4-5-18(29)24(22)30/h4-12,15-16,37H,13-14H2,1-3H3,(H,33,34,36). The number of rotatable bonds is 11. The number of pyridine rings is 1. The van der Waals surface area contributed by atoms with Gasteiger partial charge in [0.1, 0.15) is 39.0 Å². The first-order chi connectivity index (χ1) is 21.7. The maximum Gasteiger partial charge on any atom is 0.263 e. The lowest BCUT2D eigenvalue weighted by Crippen LogP contribution is -2.33. The van der Waals surface area contributed by atoms with Gasteiger partial charge in [0.15, 0.2) is 11.6 Å². The lowest BCUT2D eigenvalue weighted by molar-refractivity contribution is 0.358. The van der Waals surface area contributed by atoms with E-state index < -0.39 is 48.0 Å². The molecule has 2 aromatic carbocycles. The molecule has 3 aromatic heterocycles. The molecular weight excluding hydrogens is 685 g/mol. The Morgan fingerprint density at radius 3 is 2.43 bits per heavy atom. The zero-order chi connectivity index (χ0) is 33.4. The van der Waals surface area contributed by atoms with Crippen molar-refractivity contribution in [2.45, 2.75) is 9.79 Å². The van der Waals surface area contributed by atoms with E-state index >= 15 is 4.39 Å². The van der Waals surface area contributed by atoms with E-state index in [0.29, 0.717) is 12.1 Å². The van der Waals surface area contributed by atoms with Gasteiger partial charge in [-0.05, 0) is 56.6 Å². The van der Waals surface area contributed by atoms with Crippen LogP contribution in [-0.2, 0) is 20.0 Å². The lowest BCUT2D eigenvalue weighted by Gasteiger charge is -2.18. The van der Waals surface area contributed by atoms with Crippen LogP contribution in [0.1, 0.15) is 0 Å². The van der Waals surface area contributed by atoms with Crippen molar-refractivity contribution in [1.82, 2.24) is 28.7 Å².